The van der Waals surface area contributed by atoms with E-state index in [9.17, 15) is 4.39 Å². The van der Waals surface area contributed by atoms with Gasteiger partial charge < -0.3 is 0 Å². The molecule has 0 fully saturated rings. The molecule has 3 atom stereocenters. The third-order valence-electron chi connectivity index (χ3n) is 2.37. The van der Waals surface area contributed by atoms with Gasteiger partial charge in [0.25, 0.3) is 0 Å². The molecule has 0 saturated carbocycles. The fraction of sp³-hybridized carbons (Fsp3) is 0.800. The number of rotatable bonds is 5. The molecule has 0 aliphatic carbocycles. The topological polar surface area (TPSA) is 0 Å². The molecule has 72 valence electrons. The number of halogens is 2. The van der Waals surface area contributed by atoms with E-state index in [1.807, 2.05) is 6.92 Å². The average molecular weight is 284 g/mol. The maximum atomic E-state index is 13.8. The molecule has 0 spiro atoms. The minimum atomic E-state index is -1.09. The summed E-state index contributed by atoms with van der Waals surface area (Å²) in [5, 5.41) is 0. The Kier molecular flexibility index (Phi) is 5.37. The summed E-state index contributed by atoms with van der Waals surface area (Å²) in [4.78, 5) is 0. The van der Waals surface area contributed by atoms with Crippen LogP contribution in [0.5, 0.6) is 0 Å². The Hall–Kier alpha value is 0.400. The van der Waals surface area contributed by atoms with Gasteiger partial charge in [0.1, 0.15) is 5.67 Å². The van der Waals surface area contributed by atoms with E-state index in [0.29, 0.717) is 10.3 Å². The zero-order valence-corrected chi connectivity index (χ0v) is 10.3. The largest absolute Gasteiger partial charge is 0.244 e. The fourth-order valence-electron chi connectivity index (χ4n) is 1.01. The molecule has 0 aromatic heterocycles. The molecular formula is C10H18FI. The van der Waals surface area contributed by atoms with E-state index in [0.717, 1.165) is 6.42 Å². The van der Waals surface area contributed by atoms with Gasteiger partial charge in [0.15, 0.2) is 0 Å². The predicted molar refractivity (Wildman–Crippen MR) is 61.6 cm³/mol. The SMILES string of the molecule is C=CC(C)C(C)(F)CC(I)CC. The number of allylic oxidation sites excluding steroid dienone is 1. The number of alkyl halides is 2. The van der Waals surface area contributed by atoms with Crippen molar-refractivity contribution in [2.75, 3.05) is 0 Å². The lowest BCUT2D eigenvalue weighted by atomic mass is 9.88. The third-order valence-corrected chi connectivity index (χ3v) is 3.69. The maximum Gasteiger partial charge on any atom is 0.115 e. The standard InChI is InChI=1S/C10H18FI/c1-5-8(3)10(4,11)7-9(12)6-2/h5,8-9H,1,6-7H2,2-4H3. The number of hydrogen-bond acceptors (Lipinski definition) is 0. The van der Waals surface area contributed by atoms with Crippen molar-refractivity contribution in [2.24, 2.45) is 5.92 Å². The molecule has 0 aromatic carbocycles. The molecule has 0 aliphatic rings. The zero-order valence-electron chi connectivity index (χ0n) is 8.11. The molecule has 0 radical (unpaired) electrons. The average Bonchev–Trinajstić information content (AvgIpc) is 2.02. The van der Waals surface area contributed by atoms with Crippen LogP contribution in [0.25, 0.3) is 0 Å². The zero-order chi connectivity index (χ0) is 9.78. The summed E-state index contributed by atoms with van der Waals surface area (Å²) in [5.74, 6) is -0.0543. The Morgan fingerprint density at radius 2 is 2.17 bits per heavy atom. The normalized spacial score (nSPS) is 21.1. The van der Waals surface area contributed by atoms with E-state index in [-0.39, 0.29) is 5.92 Å². The second kappa shape index (κ2) is 5.20. The van der Waals surface area contributed by atoms with Crippen LogP contribution >= 0.6 is 22.6 Å². The van der Waals surface area contributed by atoms with Gasteiger partial charge in [-0.1, -0.05) is 42.5 Å². The van der Waals surface area contributed by atoms with Crippen molar-refractivity contribution >= 4 is 22.6 Å². The molecule has 0 aromatic rings. The van der Waals surface area contributed by atoms with E-state index in [2.05, 4.69) is 36.1 Å². The Morgan fingerprint density at radius 3 is 2.50 bits per heavy atom. The highest BCUT2D eigenvalue weighted by Gasteiger charge is 2.30. The van der Waals surface area contributed by atoms with Crippen molar-refractivity contribution in [3.8, 4) is 0 Å². The first-order chi connectivity index (χ1) is 5.44. The van der Waals surface area contributed by atoms with E-state index in [4.69, 9.17) is 0 Å². The fourth-order valence-corrected chi connectivity index (χ4v) is 1.87. The van der Waals surface area contributed by atoms with Crippen LogP contribution in [-0.4, -0.2) is 9.59 Å². The first-order valence-electron chi connectivity index (χ1n) is 4.39. The van der Waals surface area contributed by atoms with Gasteiger partial charge in [-0.15, -0.1) is 6.58 Å². The van der Waals surface area contributed by atoms with Gasteiger partial charge in [0, 0.05) is 9.84 Å². The lowest BCUT2D eigenvalue weighted by Gasteiger charge is -2.27. The Bertz CT molecular complexity index is 143. The van der Waals surface area contributed by atoms with Crippen LogP contribution < -0.4 is 0 Å². The second-order valence-corrected chi connectivity index (χ2v) is 5.27. The first kappa shape index (κ1) is 12.4. The van der Waals surface area contributed by atoms with E-state index in [1.54, 1.807) is 13.0 Å². The highest BCUT2D eigenvalue weighted by molar-refractivity contribution is 14.1. The monoisotopic (exact) mass is 284 g/mol. The van der Waals surface area contributed by atoms with Gasteiger partial charge in [-0.3, -0.25) is 0 Å². The molecule has 0 aliphatic heterocycles. The van der Waals surface area contributed by atoms with Crippen molar-refractivity contribution in [2.45, 2.75) is 43.2 Å². The first-order valence-corrected chi connectivity index (χ1v) is 5.64. The molecule has 0 heterocycles. The summed E-state index contributed by atoms with van der Waals surface area (Å²) in [5.41, 5.74) is -1.09. The quantitative estimate of drug-likeness (QED) is 0.404. The molecule has 0 N–H and O–H groups in total. The van der Waals surface area contributed by atoms with Crippen LogP contribution in [0.3, 0.4) is 0 Å². The van der Waals surface area contributed by atoms with Crippen LogP contribution in [-0.2, 0) is 0 Å². The molecule has 0 nitrogen and oxygen atoms in total. The van der Waals surface area contributed by atoms with Crippen LogP contribution in [0.1, 0.15) is 33.6 Å². The van der Waals surface area contributed by atoms with Crippen molar-refractivity contribution in [1.82, 2.24) is 0 Å². The van der Waals surface area contributed by atoms with Gasteiger partial charge >= 0.3 is 0 Å². The smallest absolute Gasteiger partial charge is 0.115 e. The summed E-state index contributed by atoms with van der Waals surface area (Å²) in [7, 11) is 0. The maximum absolute atomic E-state index is 13.8. The summed E-state index contributed by atoms with van der Waals surface area (Å²) >= 11 is 2.31. The summed E-state index contributed by atoms with van der Waals surface area (Å²) in [6, 6.07) is 0. The molecule has 2 heteroatoms. The van der Waals surface area contributed by atoms with Gasteiger partial charge in [0.2, 0.25) is 0 Å². The van der Waals surface area contributed by atoms with Crippen LogP contribution in [0, 0.1) is 5.92 Å². The molecule has 3 unspecified atom stereocenters. The molecule has 0 saturated heterocycles. The predicted octanol–water partition coefficient (Wildman–Crippen LogP) is 4.14. The summed E-state index contributed by atoms with van der Waals surface area (Å²) in [6.45, 7) is 9.25. The van der Waals surface area contributed by atoms with E-state index < -0.39 is 5.67 Å². The molecule has 0 rings (SSSR count). The van der Waals surface area contributed by atoms with Crippen LogP contribution in [0.4, 0.5) is 4.39 Å². The van der Waals surface area contributed by atoms with E-state index >= 15 is 0 Å². The lowest BCUT2D eigenvalue weighted by Crippen LogP contribution is -2.29. The number of hydrogen-bond donors (Lipinski definition) is 0. The van der Waals surface area contributed by atoms with Crippen molar-refractivity contribution in [1.29, 1.82) is 0 Å². The molecular weight excluding hydrogens is 266 g/mol. The Labute approximate surface area is 88.8 Å². The summed E-state index contributed by atoms with van der Waals surface area (Å²) in [6.07, 6.45) is 3.35. The second-order valence-electron chi connectivity index (χ2n) is 3.51. The summed E-state index contributed by atoms with van der Waals surface area (Å²) < 4.78 is 14.3. The van der Waals surface area contributed by atoms with E-state index in [1.165, 1.54) is 0 Å². The molecule has 0 bridgehead atoms. The van der Waals surface area contributed by atoms with Gasteiger partial charge in [-0.05, 0) is 19.8 Å². The van der Waals surface area contributed by atoms with Gasteiger partial charge in [-0.25, -0.2) is 4.39 Å². The lowest BCUT2D eigenvalue weighted by molar-refractivity contribution is 0.128. The molecule has 0 amide bonds. The van der Waals surface area contributed by atoms with Crippen molar-refractivity contribution < 1.29 is 4.39 Å². The highest BCUT2D eigenvalue weighted by atomic mass is 127. The van der Waals surface area contributed by atoms with Crippen molar-refractivity contribution in [3.05, 3.63) is 12.7 Å². The van der Waals surface area contributed by atoms with Gasteiger partial charge in [-0.2, -0.15) is 0 Å². The minimum Gasteiger partial charge on any atom is -0.244 e. The van der Waals surface area contributed by atoms with Crippen LogP contribution in [0.2, 0.25) is 0 Å². The Morgan fingerprint density at radius 1 is 1.67 bits per heavy atom. The Balaban J connectivity index is 4.10. The van der Waals surface area contributed by atoms with Crippen LogP contribution in [0.15, 0.2) is 12.7 Å². The third kappa shape index (κ3) is 3.87. The molecule has 12 heavy (non-hydrogen) atoms. The van der Waals surface area contributed by atoms with Crippen molar-refractivity contribution in [3.63, 3.8) is 0 Å². The van der Waals surface area contributed by atoms with Gasteiger partial charge in [0.05, 0.1) is 0 Å². The minimum absolute atomic E-state index is 0.0543. The highest BCUT2D eigenvalue weighted by Crippen LogP contribution is 2.31.